The van der Waals surface area contributed by atoms with Gasteiger partial charge in [-0.15, -0.1) is 0 Å². The monoisotopic (exact) mass is 319 g/mol. The topological polar surface area (TPSA) is 48.0 Å². The second kappa shape index (κ2) is 7.51. The number of ether oxygens (including phenoxy) is 1. The van der Waals surface area contributed by atoms with E-state index in [9.17, 15) is 0 Å². The van der Waals surface area contributed by atoms with Gasteiger partial charge in [-0.3, -0.25) is 9.80 Å². The van der Waals surface area contributed by atoms with Crippen molar-refractivity contribution in [3.8, 4) is 5.75 Å². The third kappa shape index (κ3) is 4.16. The molecule has 1 aromatic rings. The Labute approximate surface area is 139 Å². The van der Waals surface area contributed by atoms with Gasteiger partial charge in [0.05, 0.1) is 18.8 Å². The van der Waals surface area contributed by atoms with Gasteiger partial charge in [0.15, 0.2) is 0 Å². The highest BCUT2D eigenvalue weighted by Crippen LogP contribution is 2.30. The number of fused-ring (bicyclic) bond motifs is 1. The van der Waals surface area contributed by atoms with E-state index < -0.39 is 0 Å². The molecular weight excluding hydrogens is 290 g/mol. The fourth-order valence-electron chi connectivity index (χ4n) is 3.50. The van der Waals surface area contributed by atoms with Crippen molar-refractivity contribution in [1.29, 1.82) is 0 Å². The van der Waals surface area contributed by atoms with E-state index in [0.29, 0.717) is 6.04 Å². The minimum atomic E-state index is 0.238. The molecule has 0 radical (unpaired) electrons. The molecule has 1 saturated heterocycles. The summed E-state index contributed by atoms with van der Waals surface area (Å²) in [7, 11) is 0. The first-order chi connectivity index (χ1) is 11.2. The van der Waals surface area contributed by atoms with Crippen LogP contribution in [-0.2, 0) is 6.42 Å². The van der Waals surface area contributed by atoms with Gasteiger partial charge in [-0.05, 0) is 38.0 Å². The highest BCUT2D eigenvalue weighted by Gasteiger charge is 2.22. The molecule has 3 rings (SSSR count). The molecule has 2 heterocycles. The predicted molar refractivity (Wildman–Crippen MR) is 93.3 cm³/mol. The maximum atomic E-state index is 9.03. The Bertz CT molecular complexity index is 515. The quantitative estimate of drug-likeness (QED) is 0.860. The van der Waals surface area contributed by atoms with E-state index in [1.807, 2.05) is 0 Å². The molecule has 0 saturated carbocycles. The van der Waals surface area contributed by atoms with Crippen molar-refractivity contribution in [3.63, 3.8) is 0 Å². The summed E-state index contributed by atoms with van der Waals surface area (Å²) in [6.07, 6.45) is 1.30. The highest BCUT2D eigenvalue weighted by atomic mass is 16.5. The van der Waals surface area contributed by atoms with Crippen LogP contribution in [-0.4, -0.2) is 72.9 Å². The SMILES string of the molecule is CC1CNc2cc(CC(C)N3CCN(CCO)CC3)ccc2O1. The van der Waals surface area contributed by atoms with Gasteiger partial charge >= 0.3 is 0 Å². The number of piperazine rings is 1. The Morgan fingerprint density at radius 1 is 1.30 bits per heavy atom. The lowest BCUT2D eigenvalue weighted by molar-refractivity contribution is 0.0888. The van der Waals surface area contributed by atoms with Crippen molar-refractivity contribution in [1.82, 2.24) is 9.80 Å². The second-order valence-corrected chi connectivity index (χ2v) is 6.79. The van der Waals surface area contributed by atoms with E-state index in [1.165, 1.54) is 5.56 Å². The normalized spacial score (nSPS) is 23.7. The predicted octanol–water partition coefficient (Wildman–Crippen LogP) is 1.42. The molecular formula is C18H29N3O2. The summed E-state index contributed by atoms with van der Waals surface area (Å²) < 4.78 is 5.84. The molecule has 1 aromatic carbocycles. The zero-order valence-electron chi connectivity index (χ0n) is 14.3. The Balaban J connectivity index is 1.55. The van der Waals surface area contributed by atoms with Crippen molar-refractivity contribution in [2.24, 2.45) is 0 Å². The van der Waals surface area contributed by atoms with Crippen molar-refractivity contribution in [2.45, 2.75) is 32.4 Å². The van der Waals surface area contributed by atoms with Gasteiger partial charge < -0.3 is 15.2 Å². The first-order valence-electron chi connectivity index (χ1n) is 8.76. The lowest BCUT2D eigenvalue weighted by atomic mass is 10.0. The third-order valence-electron chi connectivity index (χ3n) is 4.93. The molecule has 2 N–H and O–H groups in total. The van der Waals surface area contributed by atoms with Crippen molar-refractivity contribution in [3.05, 3.63) is 23.8 Å². The molecule has 5 heteroatoms. The molecule has 0 aromatic heterocycles. The average molecular weight is 319 g/mol. The molecule has 0 aliphatic carbocycles. The summed E-state index contributed by atoms with van der Waals surface area (Å²) in [6, 6.07) is 7.06. The zero-order chi connectivity index (χ0) is 16.2. The number of nitrogens with one attached hydrogen (secondary N) is 1. The number of aliphatic hydroxyl groups excluding tert-OH is 1. The third-order valence-corrected chi connectivity index (χ3v) is 4.93. The molecule has 2 aliphatic rings. The summed E-state index contributed by atoms with van der Waals surface area (Å²) >= 11 is 0. The van der Waals surface area contributed by atoms with Crippen LogP contribution in [0.3, 0.4) is 0 Å². The van der Waals surface area contributed by atoms with Crippen LogP contribution in [0, 0.1) is 0 Å². The minimum Gasteiger partial charge on any atom is -0.487 e. The molecule has 2 unspecified atom stereocenters. The zero-order valence-corrected chi connectivity index (χ0v) is 14.3. The maximum absolute atomic E-state index is 9.03. The van der Waals surface area contributed by atoms with Crippen LogP contribution >= 0.6 is 0 Å². The van der Waals surface area contributed by atoms with Crippen molar-refractivity contribution >= 4 is 5.69 Å². The minimum absolute atomic E-state index is 0.238. The largest absolute Gasteiger partial charge is 0.487 e. The number of β-amino-alcohol motifs (C(OH)–C–C–N with tert-alkyl or cyclic N) is 1. The van der Waals surface area contributed by atoms with Gasteiger partial charge in [0, 0.05) is 38.8 Å². The fraction of sp³-hybridized carbons (Fsp3) is 0.667. The van der Waals surface area contributed by atoms with E-state index in [1.54, 1.807) is 0 Å². The van der Waals surface area contributed by atoms with Gasteiger partial charge in [-0.2, -0.15) is 0 Å². The van der Waals surface area contributed by atoms with E-state index in [2.05, 4.69) is 47.2 Å². The summed E-state index contributed by atoms with van der Waals surface area (Å²) in [4.78, 5) is 4.89. The van der Waals surface area contributed by atoms with Crippen LogP contribution in [0.1, 0.15) is 19.4 Å². The van der Waals surface area contributed by atoms with E-state index in [0.717, 1.165) is 57.1 Å². The number of hydrogen-bond donors (Lipinski definition) is 2. The first-order valence-corrected chi connectivity index (χ1v) is 8.76. The van der Waals surface area contributed by atoms with Gasteiger partial charge in [-0.25, -0.2) is 0 Å². The number of rotatable bonds is 5. The number of benzene rings is 1. The van der Waals surface area contributed by atoms with Crippen molar-refractivity contribution in [2.75, 3.05) is 51.2 Å². The lowest BCUT2D eigenvalue weighted by Gasteiger charge is -2.38. The molecule has 2 aliphatic heterocycles. The average Bonchev–Trinajstić information content (AvgIpc) is 2.56. The van der Waals surface area contributed by atoms with Crippen LogP contribution in [0.5, 0.6) is 5.75 Å². The van der Waals surface area contributed by atoms with Gasteiger partial charge in [0.1, 0.15) is 11.9 Å². The molecule has 23 heavy (non-hydrogen) atoms. The highest BCUT2D eigenvalue weighted by molar-refractivity contribution is 5.59. The summed E-state index contributed by atoms with van der Waals surface area (Å²) in [5.74, 6) is 0.970. The second-order valence-electron chi connectivity index (χ2n) is 6.79. The van der Waals surface area contributed by atoms with Crippen molar-refractivity contribution < 1.29 is 9.84 Å². The molecule has 2 atom stereocenters. The molecule has 0 amide bonds. The van der Waals surface area contributed by atoms with E-state index >= 15 is 0 Å². The lowest BCUT2D eigenvalue weighted by Crippen LogP contribution is -2.50. The number of anilines is 1. The van der Waals surface area contributed by atoms with Crippen LogP contribution in [0.4, 0.5) is 5.69 Å². The van der Waals surface area contributed by atoms with Gasteiger partial charge in [0.25, 0.3) is 0 Å². The smallest absolute Gasteiger partial charge is 0.142 e. The maximum Gasteiger partial charge on any atom is 0.142 e. The number of hydrogen-bond acceptors (Lipinski definition) is 5. The number of nitrogens with zero attached hydrogens (tertiary/aromatic N) is 2. The first kappa shape index (κ1) is 16.6. The van der Waals surface area contributed by atoms with E-state index in [4.69, 9.17) is 9.84 Å². The molecule has 0 spiro atoms. The van der Waals surface area contributed by atoms with Gasteiger partial charge in [-0.1, -0.05) is 6.07 Å². The standard InChI is InChI=1S/C18H29N3O2/c1-14(21-7-5-20(6-8-21)9-10-22)11-16-3-4-18-17(12-16)19-13-15(2)23-18/h3-4,12,14-15,19,22H,5-11,13H2,1-2H3. The molecule has 0 bridgehead atoms. The van der Waals surface area contributed by atoms with Crippen LogP contribution in [0.2, 0.25) is 0 Å². The Morgan fingerprint density at radius 2 is 2.09 bits per heavy atom. The summed E-state index contributed by atoms with van der Waals surface area (Å²) in [5, 5.41) is 12.5. The van der Waals surface area contributed by atoms with Crippen LogP contribution in [0.25, 0.3) is 0 Å². The molecule has 1 fully saturated rings. The Morgan fingerprint density at radius 3 is 2.83 bits per heavy atom. The van der Waals surface area contributed by atoms with E-state index in [-0.39, 0.29) is 12.7 Å². The summed E-state index contributed by atoms with van der Waals surface area (Å²) in [6.45, 7) is 10.6. The van der Waals surface area contributed by atoms with Crippen LogP contribution < -0.4 is 10.1 Å². The number of aliphatic hydroxyl groups is 1. The van der Waals surface area contributed by atoms with Crippen LogP contribution in [0.15, 0.2) is 18.2 Å². The molecule has 5 nitrogen and oxygen atoms in total. The fourth-order valence-corrected chi connectivity index (χ4v) is 3.50. The Kier molecular flexibility index (Phi) is 5.41. The van der Waals surface area contributed by atoms with Gasteiger partial charge in [0.2, 0.25) is 0 Å². The molecule has 128 valence electrons. The Hall–Kier alpha value is -1.30. The summed E-state index contributed by atoms with van der Waals surface area (Å²) in [5.41, 5.74) is 2.49.